The van der Waals surface area contributed by atoms with E-state index in [1.165, 1.54) is 5.56 Å². The quantitative estimate of drug-likeness (QED) is 0.329. The van der Waals surface area contributed by atoms with Gasteiger partial charge in [0.15, 0.2) is 0 Å². The van der Waals surface area contributed by atoms with E-state index in [-0.39, 0.29) is 18.4 Å². The number of carbonyl (C=O) groups is 2. The van der Waals surface area contributed by atoms with Gasteiger partial charge in [-0.05, 0) is 54.7 Å². The van der Waals surface area contributed by atoms with E-state index in [0.29, 0.717) is 37.6 Å². The summed E-state index contributed by atoms with van der Waals surface area (Å²) in [6, 6.07) is 21.4. The van der Waals surface area contributed by atoms with Gasteiger partial charge in [-0.3, -0.25) is 9.59 Å². The summed E-state index contributed by atoms with van der Waals surface area (Å²) in [6.45, 7) is 3.73. The van der Waals surface area contributed by atoms with Crippen molar-refractivity contribution in [2.24, 2.45) is 0 Å². The Morgan fingerprint density at radius 1 is 0.857 bits per heavy atom. The number of hydrogen-bond donors (Lipinski definition) is 0. The topological polar surface area (TPSA) is 63.0 Å². The number of rotatable bonds is 14. The first-order chi connectivity index (χ1) is 17.1. The molecule has 0 spiro atoms. The highest BCUT2D eigenvalue weighted by Crippen LogP contribution is 2.13. The molecule has 0 unspecified atom stereocenters. The molecule has 3 aromatic rings. The van der Waals surface area contributed by atoms with E-state index >= 15 is 0 Å². The van der Waals surface area contributed by atoms with E-state index in [0.717, 1.165) is 31.2 Å². The fourth-order valence-corrected chi connectivity index (χ4v) is 3.89. The van der Waals surface area contributed by atoms with Crippen LogP contribution in [0.25, 0.3) is 0 Å². The van der Waals surface area contributed by atoms with Crippen LogP contribution in [-0.4, -0.2) is 55.0 Å². The van der Waals surface area contributed by atoms with Gasteiger partial charge < -0.3 is 19.0 Å². The van der Waals surface area contributed by atoms with Crippen molar-refractivity contribution >= 4 is 11.8 Å². The lowest BCUT2D eigenvalue weighted by molar-refractivity contribution is -0.132. The minimum Gasteiger partial charge on any atom is -0.467 e. The van der Waals surface area contributed by atoms with Crippen molar-refractivity contribution in [3.05, 3.63) is 95.4 Å². The number of hydrogen-bond acceptors (Lipinski definition) is 4. The molecule has 186 valence electrons. The van der Waals surface area contributed by atoms with Crippen molar-refractivity contribution in [2.75, 3.05) is 33.4 Å². The van der Waals surface area contributed by atoms with Crippen molar-refractivity contribution in [3.63, 3.8) is 0 Å². The standard InChI is InChI=1S/C29H36N2O4/c1-3-4-9-25-13-15-26(16-14-25)29(33)31(19-21-34-2)23-28(32)30(22-27-12-8-20-35-27)18-17-24-10-6-5-7-11-24/h5-8,10-16,20H,3-4,9,17-19,21-23H2,1-2H3. The van der Waals surface area contributed by atoms with Crippen molar-refractivity contribution in [3.8, 4) is 0 Å². The van der Waals surface area contributed by atoms with Crippen LogP contribution in [0.2, 0.25) is 0 Å². The van der Waals surface area contributed by atoms with E-state index in [4.69, 9.17) is 9.15 Å². The molecule has 1 aromatic heterocycles. The van der Waals surface area contributed by atoms with Crippen LogP contribution in [0.15, 0.2) is 77.4 Å². The van der Waals surface area contributed by atoms with Gasteiger partial charge >= 0.3 is 0 Å². The number of ether oxygens (including phenoxy) is 1. The maximum Gasteiger partial charge on any atom is 0.254 e. The average Bonchev–Trinajstić information content (AvgIpc) is 3.41. The van der Waals surface area contributed by atoms with Crippen molar-refractivity contribution < 1.29 is 18.7 Å². The van der Waals surface area contributed by atoms with Gasteiger partial charge in [0.2, 0.25) is 5.91 Å². The summed E-state index contributed by atoms with van der Waals surface area (Å²) in [7, 11) is 1.59. The molecule has 0 radical (unpaired) electrons. The Morgan fingerprint density at radius 3 is 2.26 bits per heavy atom. The molecule has 0 fully saturated rings. The second-order valence-electron chi connectivity index (χ2n) is 8.65. The molecule has 0 atom stereocenters. The van der Waals surface area contributed by atoms with E-state index in [1.54, 1.807) is 23.2 Å². The first-order valence-corrected chi connectivity index (χ1v) is 12.3. The highest BCUT2D eigenvalue weighted by Gasteiger charge is 2.23. The summed E-state index contributed by atoms with van der Waals surface area (Å²) in [4.78, 5) is 30.1. The molecular weight excluding hydrogens is 440 g/mol. The predicted molar refractivity (Wildman–Crippen MR) is 137 cm³/mol. The van der Waals surface area contributed by atoms with Gasteiger partial charge in [0.1, 0.15) is 12.3 Å². The van der Waals surface area contributed by atoms with E-state index in [9.17, 15) is 9.59 Å². The van der Waals surface area contributed by atoms with Gasteiger partial charge in [0.25, 0.3) is 5.91 Å². The number of methoxy groups -OCH3 is 1. The van der Waals surface area contributed by atoms with Gasteiger partial charge in [-0.2, -0.15) is 0 Å². The molecule has 35 heavy (non-hydrogen) atoms. The zero-order chi connectivity index (χ0) is 24.9. The number of benzene rings is 2. The number of aryl methyl sites for hydroxylation is 1. The minimum absolute atomic E-state index is 0.0186. The third-order valence-electron chi connectivity index (χ3n) is 5.99. The Balaban J connectivity index is 1.71. The number of unbranched alkanes of at least 4 members (excludes halogenated alkanes) is 1. The largest absolute Gasteiger partial charge is 0.467 e. The zero-order valence-electron chi connectivity index (χ0n) is 20.8. The summed E-state index contributed by atoms with van der Waals surface area (Å²) in [5, 5.41) is 0. The third-order valence-corrected chi connectivity index (χ3v) is 5.99. The fourth-order valence-electron chi connectivity index (χ4n) is 3.89. The highest BCUT2D eigenvalue weighted by molar-refractivity contribution is 5.96. The smallest absolute Gasteiger partial charge is 0.254 e. The lowest BCUT2D eigenvalue weighted by atomic mass is 10.1. The molecule has 0 aliphatic rings. The van der Waals surface area contributed by atoms with E-state index < -0.39 is 0 Å². The van der Waals surface area contributed by atoms with Crippen LogP contribution in [-0.2, 0) is 28.9 Å². The first kappa shape index (κ1) is 26.2. The SMILES string of the molecule is CCCCc1ccc(C(=O)N(CCOC)CC(=O)N(CCc2ccccc2)Cc2ccco2)cc1. The second-order valence-corrected chi connectivity index (χ2v) is 8.65. The van der Waals surface area contributed by atoms with Gasteiger partial charge in [-0.15, -0.1) is 0 Å². The van der Waals surface area contributed by atoms with E-state index in [2.05, 4.69) is 6.92 Å². The molecule has 2 aromatic carbocycles. The Bertz CT molecular complexity index is 1020. The fraction of sp³-hybridized carbons (Fsp3) is 0.379. The van der Waals surface area contributed by atoms with E-state index in [1.807, 2.05) is 66.7 Å². The molecular formula is C29H36N2O4. The van der Waals surface area contributed by atoms with Crippen LogP contribution in [0.4, 0.5) is 0 Å². The molecule has 2 amide bonds. The third kappa shape index (κ3) is 8.41. The Morgan fingerprint density at radius 2 is 1.60 bits per heavy atom. The van der Waals surface area contributed by atoms with Crippen LogP contribution < -0.4 is 0 Å². The lowest BCUT2D eigenvalue weighted by Gasteiger charge is -2.27. The first-order valence-electron chi connectivity index (χ1n) is 12.3. The molecule has 3 rings (SSSR count). The summed E-state index contributed by atoms with van der Waals surface area (Å²) < 4.78 is 10.7. The summed E-state index contributed by atoms with van der Waals surface area (Å²) in [5.74, 6) is 0.420. The predicted octanol–water partition coefficient (Wildman–Crippen LogP) is 4.98. The molecule has 0 aliphatic heterocycles. The van der Waals surface area contributed by atoms with Gasteiger partial charge in [-0.25, -0.2) is 0 Å². The molecule has 0 saturated heterocycles. The van der Waals surface area contributed by atoms with Crippen LogP contribution in [0.3, 0.4) is 0 Å². The maximum atomic E-state index is 13.4. The zero-order valence-corrected chi connectivity index (χ0v) is 20.8. The van der Waals surface area contributed by atoms with Crippen molar-refractivity contribution in [1.82, 2.24) is 9.80 Å². The van der Waals surface area contributed by atoms with Crippen LogP contribution in [0.1, 0.15) is 47.0 Å². The summed E-state index contributed by atoms with van der Waals surface area (Å²) >= 11 is 0. The maximum absolute atomic E-state index is 13.4. The molecule has 0 bridgehead atoms. The molecule has 0 aliphatic carbocycles. The molecule has 0 N–H and O–H groups in total. The normalized spacial score (nSPS) is 10.8. The van der Waals surface area contributed by atoms with Gasteiger partial charge in [0, 0.05) is 25.8 Å². The van der Waals surface area contributed by atoms with Crippen molar-refractivity contribution in [1.29, 1.82) is 0 Å². The Kier molecular flexibility index (Phi) is 10.6. The number of carbonyl (C=O) groups excluding carboxylic acids is 2. The second kappa shape index (κ2) is 14.1. The average molecular weight is 477 g/mol. The molecule has 6 nitrogen and oxygen atoms in total. The van der Waals surface area contributed by atoms with Gasteiger partial charge in [-0.1, -0.05) is 55.8 Å². The van der Waals surface area contributed by atoms with Crippen LogP contribution >= 0.6 is 0 Å². The van der Waals surface area contributed by atoms with Crippen LogP contribution in [0, 0.1) is 0 Å². The summed E-state index contributed by atoms with van der Waals surface area (Å²) in [5.41, 5.74) is 2.95. The number of furan rings is 1. The highest BCUT2D eigenvalue weighted by atomic mass is 16.5. The monoisotopic (exact) mass is 476 g/mol. The molecule has 0 saturated carbocycles. The van der Waals surface area contributed by atoms with Crippen molar-refractivity contribution in [2.45, 2.75) is 39.2 Å². The van der Waals surface area contributed by atoms with Gasteiger partial charge in [0.05, 0.1) is 19.4 Å². The molecule has 1 heterocycles. The number of amides is 2. The number of nitrogens with zero attached hydrogens (tertiary/aromatic N) is 2. The Hall–Kier alpha value is -3.38. The lowest BCUT2D eigenvalue weighted by Crippen LogP contribution is -2.44. The Labute approximate surface area is 208 Å². The molecule has 6 heteroatoms. The summed E-state index contributed by atoms with van der Waals surface area (Å²) in [6.07, 6.45) is 5.58. The van der Waals surface area contributed by atoms with Crippen LogP contribution in [0.5, 0.6) is 0 Å². The minimum atomic E-state index is -0.168.